The van der Waals surface area contributed by atoms with E-state index in [4.69, 9.17) is 5.73 Å². The molecule has 0 aliphatic rings. The van der Waals surface area contributed by atoms with Crippen LogP contribution < -0.4 is 16.4 Å². The Hall–Kier alpha value is -2.28. The first-order valence-electron chi connectivity index (χ1n) is 8.81. The number of likely N-dealkylation sites (N-methyl/N-ethyl adjacent to an activating group) is 1. The van der Waals surface area contributed by atoms with Crippen LogP contribution in [0.5, 0.6) is 0 Å². The normalized spacial score (nSPS) is 9.82. The molecule has 0 saturated carbocycles. The number of nitrogens with zero attached hydrogens (tertiary/aromatic N) is 1. The Morgan fingerprint density at radius 2 is 1.64 bits per heavy atom. The van der Waals surface area contributed by atoms with Crippen molar-refractivity contribution in [2.24, 2.45) is 0 Å². The highest BCUT2D eigenvalue weighted by molar-refractivity contribution is 6.08. The summed E-state index contributed by atoms with van der Waals surface area (Å²) in [4.78, 5) is 26.9. The Morgan fingerprint density at radius 1 is 0.964 bits per heavy atom. The van der Waals surface area contributed by atoms with Crippen molar-refractivity contribution in [1.82, 2.24) is 10.2 Å². The third kappa shape index (κ3) is 7.38. The molecule has 0 fully saturated rings. The number of carbonyl (C=O) groups is 2. The fraction of sp³-hybridized carbons (Fsp3) is 0.300. The van der Waals surface area contributed by atoms with E-state index in [0.717, 1.165) is 19.6 Å². The van der Waals surface area contributed by atoms with Crippen molar-refractivity contribution in [2.45, 2.75) is 13.8 Å². The zero-order chi connectivity index (χ0) is 18.9. The summed E-state index contributed by atoms with van der Waals surface area (Å²) in [7, 11) is 0. The van der Waals surface area contributed by atoms with Crippen LogP contribution in [0.4, 0.5) is 11.4 Å². The van der Waals surface area contributed by atoms with E-state index in [1.807, 2.05) is 0 Å². The number of para-hydroxylation sites is 1. The molecule has 154 valence electrons. The summed E-state index contributed by atoms with van der Waals surface area (Å²) in [5.41, 5.74) is 7.70. The molecule has 8 heteroatoms. The Labute approximate surface area is 178 Å². The minimum atomic E-state index is -0.304. The third-order valence-corrected chi connectivity index (χ3v) is 4.20. The largest absolute Gasteiger partial charge is 0.398 e. The average molecular weight is 427 g/mol. The molecule has 0 bridgehead atoms. The SMILES string of the molecule is CCN(CC)CCNC(=O)c1cccc(NC(=O)c2ccccc2N)c1.Cl.Cl. The lowest BCUT2D eigenvalue weighted by Crippen LogP contribution is -2.34. The quantitative estimate of drug-likeness (QED) is 0.564. The molecule has 2 amide bonds. The first kappa shape index (κ1) is 25.7. The van der Waals surface area contributed by atoms with Gasteiger partial charge in [0.25, 0.3) is 11.8 Å². The summed E-state index contributed by atoms with van der Waals surface area (Å²) in [6.07, 6.45) is 0. The molecule has 4 N–H and O–H groups in total. The molecule has 0 heterocycles. The minimum Gasteiger partial charge on any atom is -0.398 e. The van der Waals surface area contributed by atoms with Crippen molar-refractivity contribution in [3.05, 3.63) is 59.7 Å². The summed E-state index contributed by atoms with van der Waals surface area (Å²) < 4.78 is 0. The number of amides is 2. The topological polar surface area (TPSA) is 87.5 Å². The summed E-state index contributed by atoms with van der Waals surface area (Å²) in [6.45, 7) is 7.49. The molecule has 0 radical (unpaired) electrons. The first-order valence-corrected chi connectivity index (χ1v) is 8.81. The Bertz CT molecular complexity index is 767. The molecule has 0 aromatic heterocycles. The van der Waals surface area contributed by atoms with Gasteiger partial charge in [-0.05, 0) is 43.4 Å². The highest BCUT2D eigenvalue weighted by Gasteiger charge is 2.11. The molecule has 0 atom stereocenters. The predicted octanol–water partition coefficient (Wildman–Crippen LogP) is 3.44. The molecular formula is C20H28Cl2N4O2. The van der Waals surface area contributed by atoms with Crippen molar-refractivity contribution in [3.8, 4) is 0 Å². The number of carbonyl (C=O) groups excluding carboxylic acids is 2. The van der Waals surface area contributed by atoms with E-state index < -0.39 is 0 Å². The standard InChI is InChI=1S/C20H26N4O2.2ClH/c1-3-24(4-2)13-12-22-19(25)15-8-7-9-16(14-15)23-20(26)17-10-5-6-11-18(17)21;;/h5-11,14H,3-4,12-13,21H2,1-2H3,(H,22,25)(H,23,26);2*1H. The smallest absolute Gasteiger partial charge is 0.257 e. The average Bonchev–Trinajstić information content (AvgIpc) is 2.65. The van der Waals surface area contributed by atoms with Crippen LogP contribution in [0.15, 0.2) is 48.5 Å². The van der Waals surface area contributed by atoms with Gasteiger partial charge >= 0.3 is 0 Å². The van der Waals surface area contributed by atoms with E-state index in [1.54, 1.807) is 48.5 Å². The fourth-order valence-electron chi connectivity index (χ4n) is 2.61. The van der Waals surface area contributed by atoms with Gasteiger partial charge in [-0.3, -0.25) is 9.59 Å². The summed E-state index contributed by atoms with van der Waals surface area (Å²) in [5.74, 6) is -0.463. The Balaban J connectivity index is 0.00000364. The van der Waals surface area contributed by atoms with Gasteiger partial charge in [0.15, 0.2) is 0 Å². The van der Waals surface area contributed by atoms with Crippen molar-refractivity contribution < 1.29 is 9.59 Å². The zero-order valence-corrected chi connectivity index (χ0v) is 17.7. The predicted molar refractivity (Wildman–Crippen MR) is 120 cm³/mol. The van der Waals surface area contributed by atoms with Gasteiger partial charge < -0.3 is 21.3 Å². The van der Waals surface area contributed by atoms with Crippen molar-refractivity contribution in [3.63, 3.8) is 0 Å². The molecule has 0 unspecified atom stereocenters. The number of rotatable bonds is 8. The lowest BCUT2D eigenvalue weighted by molar-refractivity contribution is 0.0947. The van der Waals surface area contributed by atoms with Gasteiger partial charge in [-0.25, -0.2) is 0 Å². The maximum atomic E-state index is 12.3. The van der Waals surface area contributed by atoms with Crippen LogP contribution >= 0.6 is 24.8 Å². The summed E-state index contributed by atoms with van der Waals surface area (Å²) >= 11 is 0. The van der Waals surface area contributed by atoms with Crippen LogP contribution in [0.3, 0.4) is 0 Å². The minimum absolute atomic E-state index is 0. The molecule has 2 rings (SSSR count). The molecule has 0 aliphatic heterocycles. The first-order chi connectivity index (χ1) is 12.5. The highest BCUT2D eigenvalue weighted by Crippen LogP contribution is 2.15. The second-order valence-electron chi connectivity index (χ2n) is 5.90. The van der Waals surface area contributed by atoms with E-state index >= 15 is 0 Å². The third-order valence-electron chi connectivity index (χ3n) is 4.20. The molecule has 0 spiro atoms. The number of hydrogen-bond acceptors (Lipinski definition) is 4. The second-order valence-corrected chi connectivity index (χ2v) is 5.90. The van der Waals surface area contributed by atoms with Gasteiger partial charge in [0.2, 0.25) is 0 Å². The van der Waals surface area contributed by atoms with Crippen LogP contribution in [0.25, 0.3) is 0 Å². The number of benzene rings is 2. The van der Waals surface area contributed by atoms with Crippen LogP contribution in [0, 0.1) is 0 Å². The van der Waals surface area contributed by atoms with Gasteiger partial charge in [0.05, 0.1) is 5.56 Å². The number of anilines is 2. The van der Waals surface area contributed by atoms with Crippen LogP contribution in [-0.4, -0.2) is 42.9 Å². The molecule has 28 heavy (non-hydrogen) atoms. The van der Waals surface area contributed by atoms with Crippen LogP contribution in [0.2, 0.25) is 0 Å². The van der Waals surface area contributed by atoms with Gasteiger partial charge in [0, 0.05) is 30.0 Å². The van der Waals surface area contributed by atoms with E-state index in [9.17, 15) is 9.59 Å². The fourth-order valence-corrected chi connectivity index (χ4v) is 2.61. The van der Waals surface area contributed by atoms with E-state index in [1.165, 1.54) is 0 Å². The Kier molecular flexibility index (Phi) is 11.9. The number of halogens is 2. The number of hydrogen-bond donors (Lipinski definition) is 3. The van der Waals surface area contributed by atoms with E-state index in [2.05, 4.69) is 29.4 Å². The molecule has 0 aliphatic carbocycles. The van der Waals surface area contributed by atoms with Gasteiger partial charge in [-0.15, -0.1) is 24.8 Å². The number of nitrogen functional groups attached to an aromatic ring is 1. The maximum absolute atomic E-state index is 12.3. The van der Waals surface area contributed by atoms with E-state index in [0.29, 0.717) is 29.0 Å². The van der Waals surface area contributed by atoms with Crippen LogP contribution in [-0.2, 0) is 0 Å². The van der Waals surface area contributed by atoms with Crippen LogP contribution in [0.1, 0.15) is 34.6 Å². The second kappa shape index (κ2) is 13.0. The highest BCUT2D eigenvalue weighted by atomic mass is 35.5. The Morgan fingerprint density at radius 3 is 2.29 bits per heavy atom. The monoisotopic (exact) mass is 426 g/mol. The van der Waals surface area contributed by atoms with Crippen molar-refractivity contribution in [2.75, 3.05) is 37.2 Å². The zero-order valence-electron chi connectivity index (χ0n) is 16.1. The number of nitrogens with one attached hydrogen (secondary N) is 2. The van der Waals surface area contributed by atoms with Gasteiger partial charge in [-0.2, -0.15) is 0 Å². The summed E-state index contributed by atoms with van der Waals surface area (Å²) in [6, 6.07) is 13.7. The molecule has 0 saturated heterocycles. The molecular weight excluding hydrogens is 399 g/mol. The lowest BCUT2D eigenvalue weighted by Gasteiger charge is -2.18. The van der Waals surface area contributed by atoms with Gasteiger partial charge in [0.1, 0.15) is 0 Å². The molecule has 2 aromatic rings. The number of nitrogens with two attached hydrogens (primary N) is 1. The summed E-state index contributed by atoms with van der Waals surface area (Å²) in [5, 5.41) is 5.69. The van der Waals surface area contributed by atoms with E-state index in [-0.39, 0.29) is 36.6 Å². The van der Waals surface area contributed by atoms with Gasteiger partial charge in [-0.1, -0.05) is 32.0 Å². The molecule has 2 aromatic carbocycles. The lowest BCUT2D eigenvalue weighted by atomic mass is 10.1. The molecule has 6 nitrogen and oxygen atoms in total. The van der Waals surface area contributed by atoms with Crippen molar-refractivity contribution >= 4 is 48.0 Å². The maximum Gasteiger partial charge on any atom is 0.257 e. The van der Waals surface area contributed by atoms with Crippen molar-refractivity contribution in [1.29, 1.82) is 0 Å².